The monoisotopic (exact) mass is 325 g/mol. The molecule has 0 bridgehead atoms. The smallest absolute Gasteiger partial charge is 0.317 e. The van der Waals surface area contributed by atoms with Crippen LogP contribution in [0.3, 0.4) is 0 Å². The molecule has 3 rings (SSSR count). The average Bonchev–Trinajstić information content (AvgIpc) is 3.17. The largest absolute Gasteiger partial charge is 0.497 e. The Balaban J connectivity index is 1.88. The molecule has 1 heterocycles. The maximum absolute atomic E-state index is 12.3. The summed E-state index contributed by atoms with van der Waals surface area (Å²) in [6.45, 7) is 2.22. The second-order valence-corrected chi connectivity index (χ2v) is 6.02. The number of esters is 1. The van der Waals surface area contributed by atoms with Gasteiger partial charge in [0.15, 0.2) is 0 Å². The number of methoxy groups -OCH3 is 2. The molecule has 1 aliphatic heterocycles. The first-order valence-corrected chi connectivity index (χ1v) is 8.29. The van der Waals surface area contributed by atoms with E-state index in [-0.39, 0.29) is 5.97 Å². The van der Waals surface area contributed by atoms with Gasteiger partial charge in [-0.05, 0) is 48.2 Å². The highest BCUT2D eigenvalue weighted by Gasteiger charge is 2.24. The minimum Gasteiger partial charge on any atom is -0.497 e. The molecule has 0 saturated carbocycles. The lowest BCUT2D eigenvalue weighted by atomic mass is 9.91. The molecule has 2 aromatic carbocycles. The number of carbonyl (C=O) groups excluding carboxylic acids is 1. The summed E-state index contributed by atoms with van der Waals surface area (Å²) in [5.74, 6) is 0.0920. The topological polar surface area (TPSA) is 38.8 Å². The van der Waals surface area contributed by atoms with Crippen molar-refractivity contribution in [1.29, 1.82) is 0 Å². The molecular formula is C20H23NO3. The van der Waals surface area contributed by atoms with Crippen molar-refractivity contribution >= 4 is 11.7 Å². The van der Waals surface area contributed by atoms with Gasteiger partial charge >= 0.3 is 5.97 Å². The summed E-state index contributed by atoms with van der Waals surface area (Å²) in [5.41, 5.74) is 3.06. The predicted molar refractivity (Wildman–Crippen MR) is 94.7 cm³/mol. The van der Waals surface area contributed by atoms with Gasteiger partial charge < -0.3 is 14.4 Å². The lowest BCUT2D eigenvalue weighted by molar-refractivity contribution is -0.141. The summed E-state index contributed by atoms with van der Waals surface area (Å²) in [7, 11) is 3.06. The van der Waals surface area contributed by atoms with E-state index in [0.29, 0.717) is 0 Å². The van der Waals surface area contributed by atoms with E-state index in [9.17, 15) is 4.79 Å². The minimum absolute atomic E-state index is 0.255. The molecule has 0 amide bonds. The summed E-state index contributed by atoms with van der Waals surface area (Å²) < 4.78 is 10.2. The fraction of sp³-hybridized carbons (Fsp3) is 0.350. The van der Waals surface area contributed by atoms with Crippen molar-refractivity contribution < 1.29 is 14.3 Å². The summed E-state index contributed by atoms with van der Waals surface area (Å²) in [4.78, 5) is 14.7. The van der Waals surface area contributed by atoms with Crippen molar-refractivity contribution in [3.05, 3.63) is 59.7 Å². The van der Waals surface area contributed by atoms with Gasteiger partial charge in [0.1, 0.15) is 11.7 Å². The third-order valence-electron chi connectivity index (χ3n) is 4.58. The van der Waals surface area contributed by atoms with Gasteiger partial charge in [0, 0.05) is 18.8 Å². The summed E-state index contributed by atoms with van der Waals surface area (Å²) in [6, 6.07) is 15.8. The molecule has 4 heteroatoms. The highest BCUT2D eigenvalue weighted by Crippen LogP contribution is 2.30. The van der Waals surface area contributed by atoms with Crippen molar-refractivity contribution in [1.82, 2.24) is 0 Å². The SMILES string of the molecule is COC(=O)[C@H](c1ccc(OC)cc1)c1ccc(N2CCCC2)cc1. The molecule has 1 saturated heterocycles. The third-order valence-corrected chi connectivity index (χ3v) is 4.58. The van der Waals surface area contributed by atoms with E-state index in [1.165, 1.54) is 25.6 Å². The van der Waals surface area contributed by atoms with Crippen molar-refractivity contribution in [3.8, 4) is 5.75 Å². The Hall–Kier alpha value is -2.49. The molecule has 24 heavy (non-hydrogen) atoms. The van der Waals surface area contributed by atoms with Crippen molar-refractivity contribution in [2.24, 2.45) is 0 Å². The van der Waals surface area contributed by atoms with Crippen LogP contribution in [-0.4, -0.2) is 33.3 Å². The van der Waals surface area contributed by atoms with Crippen LogP contribution < -0.4 is 9.64 Å². The number of nitrogens with zero attached hydrogens (tertiary/aromatic N) is 1. The van der Waals surface area contributed by atoms with E-state index in [1.54, 1.807) is 7.11 Å². The zero-order chi connectivity index (χ0) is 16.9. The van der Waals surface area contributed by atoms with Crippen LogP contribution in [0.15, 0.2) is 48.5 Å². The zero-order valence-electron chi connectivity index (χ0n) is 14.2. The Morgan fingerprint density at radius 3 is 1.96 bits per heavy atom. The van der Waals surface area contributed by atoms with Crippen LogP contribution in [0.1, 0.15) is 29.9 Å². The highest BCUT2D eigenvalue weighted by molar-refractivity contribution is 5.82. The first-order chi connectivity index (χ1) is 11.7. The number of carbonyl (C=O) groups is 1. The molecule has 4 nitrogen and oxygen atoms in total. The Morgan fingerprint density at radius 1 is 0.917 bits per heavy atom. The summed E-state index contributed by atoms with van der Waals surface area (Å²) in [5, 5.41) is 0. The van der Waals surface area contributed by atoms with Gasteiger partial charge in [-0.3, -0.25) is 4.79 Å². The van der Waals surface area contributed by atoms with Crippen LogP contribution in [0, 0.1) is 0 Å². The summed E-state index contributed by atoms with van der Waals surface area (Å²) in [6.07, 6.45) is 2.50. The van der Waals surface area contributed by atoms with Crippen LogP contribution >= 0.6 is 0 Å². The van der Waals surface area contributed by atoms with Gasteiger partial charge in [0.2, 0.25) is 0 Å². The van der Waals surface area contributed by atoms with Crippen LogP contribution in [0.25, 0.3) is 0 Å². The highest BCUT2D eigenvalue weighted by atomic mass is 16.5. The van der Waals surface area contributed by atoms with E-state index >= 15 is 0 Å². The second kappa shape index (κ2) is 7.39. The van der Waals surface area contributed by atoms with Crippen LogP contribution in [-0.2, 0) is 9.53 Å². The van der Waals surface area contributed by atoms with Crippen LogP contribution in [0.5, 0.6) is 5.75 Å². The molecule has 1 aliphatic rings. The van der Waals surface area contributed by atoms with Gasteiger partial charge in [-0.15, -0.1) is 0 Å². The van der Waals surface area contributed by atoms with E-state index in [0.717, 1.165) is 30.0 Å². The van der Waals surface area contributed by atoms with Crippen molar-refractivity contribution in [3.63, 3.8) is 0 Å². The molecule has 1 fully saturated rings. The van der Waals surface area contributed by atoms with E-state index in [2.05, 4.69) is 17.0 Å². The Bertz CT molecular complexity index is 673. The first-order valence-electron chi connectivity index (χ1n) is 8.29. The van der Waals surface area contributed by atoms with Crippen molar-refractivity contribution in [2.45, 2.75) is 18.8 Å². The zero-order valence-corrected chi connectivity index (χ0v) is 14.2. The van der Waals surface area contributed by atoms with Gasteiger partial charge in [-0.2, -0.15) is 0 Å². The maximum Gasteiger partial charge on any atom is 0.317 e. The van der Waals surface area contributed by atoms with Gasteiger partial charge in [0.05, 0.1) is 14.2 Å². The molecule has 126 valence electrons. The Kier molecular flexibility index (Phi) is 5.04. The molecule has 2 aromatic rings. The number of rotatable bonds is 5. The number of hydrogen-bond donors (Lipinski definition) is 0. The van der Waals surface area contributed by atoms with Gasteiger partial charge in [-0.1, -0.05) is 24.3 Å². The molecule has 0 unspecified atom stereocenters. The molecule has 0 spiro atoms. The number of benzene rings is 2. The van der Waals surface area contributed by atoms with Gasteiger partial charge in [-0.25, -0.2) is 0 Å². The number of anilines is 1. The second-order valence-electron chi connectivity index (χ2n) is 6.02. The summed E-state index contributed by atoms with van der Waals surface area (Å²) >= 11 is 0. The molecule has 0 N–H and O–H groups in total. The maximum atomic E-state index is 12.3. The number of hydrogen-bond acceptors (Lipinski definition) is 4. The number of ether oxygens (including phenoxy) is 2. The Morgan fingerprint density at radius 2 is 1.46 bits per heavy atom. The standard InChI is InChI=1S/C20H23NO3/c1-23-18-11-7-16(8-12-18)19(20(22)24-2)15-5-9-17(10-6-15)21-13-3-4-14-21/h5-12,19H,3-4,13-14H2,1-2H3/t19-/m0/s1. The molecule has 1 atom stereocenters. The van der Waals surface area contributed by atoms with Crippen LogP contribution in [0.2, 0.25) is 0 Å². The first kappa shape index (κ1) is 16.4. The molecule has 0 aromatic heterocycles. The van der Waals surface area contributed by atoms with E-state index in [4.69, 9.17) is 9.47 Å². The average molecular weight is 325 g/mol. The fourth-order valence-corrected chi connectivity index (χ4v) is 3.23. The lowest BCUT2D eigenvalue weighted by Gasteiger charge is -2.20. The Labute approximate surface area is 143 Å². The molecule has 0 aliphatic carbocycles. The molecular weight excluding hydrogens is 302 g/mol. The third kappa shape index (κ3) is 3.37. The van der Waals surface area contributed by atoms with Crippen molar-refractivity contribution in [2.75, 3.05) is 32.2 Å². The molecule has 0 radical (unpaired) electrons. The van der Waals surface area contributed by atoms with E-state index in [1.807, 2.05) is 36.4 Å². The lowest BCUT2D eigenvalue weighted by Crippen LogP contribution is -2.18. The minimum atomic E-state index is -0.423. The fourth-order valence-electron chi connectivity index (χ4n) is 3.23. The van der Waals surface area contributed by atoms with Crippen LogP contribution in [0.4, 0.5) is 5.69 Å². The quantitative estimate of drug-likeness (QED) is 0.787. The van der Waals surface area contributed by atoms with E-state index < -0.39 is 5.92 Å². The normalized spacial score (nSPS) is 15.2. The van der Waals surface area contributed by atoms with Gasteiger partial charge in [0.25, 0.3) is 0 Å². The predicted octanol–water partition coefficient (Wildman–Crippen LogP) is 3.60.